The molecule has 146 valence electrons. The summed E-state index contributed by atoms with van der Waals surface area (Å²) in [5.74, 6) is 2.13. The first-order chi connectivity index (χ1) is 13.3. The van der Waals surface area contributed by atoms with E-state index in [0.717, 1.165) is 28.6 Å². The zero-order chi connectivity index (χ0) is 18.5. The van der Waals surface area contributed by atoms with Gasteiger partial charge in [-0.3, -0.25) is 4.40 Å². The maximum atomic E-state index is 5.54. The van der Waals surface area contributed by atoms with Crippen LogP contribution >= 0.6 is 35.3 Å². The molecule has 4 heterocycles. The quantitative estimate of drug-likeness (QED) is 0.236. The van der Waals surface area contributed by atoms with Gasteiger partial charge in [0.25, 0.3) is 0 Å². The number of pyridine rings is 1. The van der Waals surface area contributed by atoms with Gasteiger partial charge in [-0.1, -0.05) is 12.1 Å². The van der Waals surface area contributed by atoms with Crippen molar-refractivity contribution in [2.45, 2.75) is 20.0 Å². The Kier molecular flexibility index (Phi) is 6.98. The highest BCUT2D eigenvalue weighted by Crippen LogP contribution is 2.23. The number of hydrogen-bond donors (Lipinski definition) is 2. The molecule has 0 spiro atoms. The number of aromatic nitrogens is 4. The Morgan fingerprint density at radius 3 is 2.96 bits per heavy atom. The van der Waals surface area contributed by atoms with Crippen LogP contribution in [0.2, 0.25) is 0 Å². The van der Waals surface area contributed by atoms with Gasteiger partial charge in [-0.25, -0.2) is 9.98 Å². The third-order valence-corrected chi connectivity index (χ3v) is 4.68. The van der Waals surface area contributed by atoms with Gasteiger partial charge >= 0.3 is 0 Å². The Morgan fingerprint density at radius 1 is 1.21 bits per heavy atom. The molecule has 0 amide bonds. The first-order valence-corrected chi connectivity index (χ1v) is 9.50. The van der Waals surface area contributed by atoms with Gasteiger partial charge in [0.15, 0.2) is 17.4 Å². The molecule has 28 heavy (non-hydrogen) atoms. The molecule has 0 atom stereocenters. The average Bonchev–Trinajstić information content (AvgIpc) is 3.44. The van der Waals surface area contributed by atoms with E-state index in [1.165, 1.54) is 0 Å². The highest BCUT2D eigenvalue weighted by Gasteiger charge is 2.08. The number of thiophene rings is 1. The van der Waals surface area contributed by atoms with Crippen LogP contribution in [-0.4, -0.2) is 32.1 Å². The summed E-state index contributed by atoms with van der Waals surface area (Å²) >= 11 is 1.60. The van der Waals surface area contributed by atoms with Gasteiger partial charge in [-0.2, -0.15) is 0 Å². The molecule has 0 radical (unpaired) electrons. The van der Waals surface area contributed by atoms with Crippen LogP contribution in [0.3, 0.4) is 0 Å². The molecular weight excluding hydrogens is 489 g/mol. The van der Waals surface area contributed by atoms with Crippen molar-refractivity contribution < 1.29 is 4.42 Å². The normalized spacial score (nSPS) is 11.4. The Bertz CT molecular complexity index is 1040. The van der Waals surface area contributed by atoms with Crippen molar-refractivity contribution in [3.8, 4) is 10.8 Å². The highest BCUT2D eigenvalue weighted by molar-refractivity contribution is 14.0. The number of halogens is 1. The molecule has 2 N–H and O–H groups in total. The molecule has 0 aliphatic carbocycles. The molecule has 0 aliphatic rings. The van der Waals surface area contributed by atoms with Crippen molar-refractivity contribution >= 4 is 46.9 Å². The summed E-state index contributed by atoms with van der Waals surface area (Å²) in [6, 6.07) is 9.77. The predicted molar refractivity (Wildman–Crippen MR) is 120 cm³/mol. The smallest absolute Gasteiger partial charge is 0.236 e. The molecule has 0 aliphatic heterocycles. The molecular formula is C18H20IN7OS. The van der Waals surface area contributed by atoms with E-state index in [-0.39, 0.29) is 24.0 Å². The first-order valence-electron chi connectivity index (χ1n) is 8.62. The van der Waals surface area contributed by atoms with Crippen LogP contribution in [0, 0.1) is 0 Å². The van der Waals surface area contributed by atoms with Crippen molar-refractivity contribution in [2.75, 3.05) is 6.54 Å². The van der Waals surface area contributed by atoms with Crippen molar-refractivity contribution in [1.29, 1.82) is 0 Å². The van der Waals surface area contributed by atoms with E-state index >= 15 is 0 Å². The number of guanidine groups is 1. The van der Waals surface area contributed by atoms with E-state index in [2.05, 4.69) is 30.8 Å². The highest BCUT2D eigenvalue weighted by atomic mass is 127. The van der Waals surface area contributed by atoms with E-state index in [4.69, 9.17) is 4.42 Å². The lowest BCUT2D eigenvalue weighted by molar-refractivity contribution is 0.574. The number of rotatable bonds is 6. The molecule has 4 aromatic rings. The summed E-state index contributed by atoms with van der Waals surface area (Å²) in [5.41, 5.74) is 1.60. The minimum absolute atomic E-state index is 0. The first kappa shape index (κ1) is 20.3. The summed E-state index contributed by atoms with van der Waals surface area (Å²) in [6.45, 7) is 3.71. The summed E-state index contributed by atoms with van der Waals surface area (Å²) in [6.07, 6.45) is 3.59. The number of aliphatic imine (C=N–C) groups is 1. The minimum Gasteiger partial charge on any atom is -0.443 e. The van der Waals surface area contributed by atoms with E-state index in [9.17, 15) is 0 Å². The topological polar surface area (TPSA) is 92.6 Å². The van der Waals surface area contributed by atoms with E-state index in [1.54, 1.807) is 17.6 Å². The number of nitrogens with zero attached hydrogens (tertiary/aromatic N) is 5. The molecule has 8 nitrogen and oxygen atoms in total. The Hall–Kier alpha value is -2.47. The molecule has 0 saturated carbocycles. The average molecular weight is 509 g/mol. The molecule has 10 heteroatoms. The van der Waals surface area contributed by atoms with Gasteiger partial charge in [0, 0.05) is 12.7 Å². The van der Waals surface area contributed by atoms with Gasteiger partial charge in [0.2, 0.25) is 5.89 Å². The molecule has 0 bridgehead atoms. The Morgan fingerprint density at radius 2 is 2.14 bits per heavy atom. The summed E-state index contributed by atoms with van der Waals surface area (Å²) in [5, 5.41) is 16.9. The van der Waals surface area contributed by atoms with E-state index < -0.39 is 0 Å². The zero-order valence-electron chi connectivity index (χ0n) is 15.2. The SMILES string of the molecule is CCNC(=NCc1coc(-c2cccs2)n1)NCc1nnc2ccccn12.I. The summed E-state index contributed by atoms with van der Waals surface area (Å²) in [4.78, 5) is 10.1. The summed E-state index contributed by atoms with van der Waals surface area (Å²) in [7, 11) is 0. The molecule has 0 saturated heterocycles. The lowest BCUT2D eigenvalue weighted by Crippen LogP contribution is -2.37. The fourth-order valence-corrected chi connectivity index (χ4v) is 3.22. The second kappa shape index (κ2) is 9.64. The number of nitrogens with one attached hydrogen (secondary N) is 2. The van der Waals surface area contributed by atoms with Crippen LogP contribution < -0.4 is 10.6 Å². The molecule has 0 unspecified atom stereocenters. The molecule has 0 aromatic carbocycles. The third kappa shape index (κ3) is 4.68. The number of oxazole rings is 1. The fraction of sp³-hybridized carbons (Fsp3) is 0.222. The van der Waals surface area contributed by atoms with Gasteiger partial charge in [-0.05, 0) is 30.5 Å². The number of fused-ring (bicyclic) bond motifs is 1. The standard InChI is InChI=1S/C18H19N7OS.HI/c1-2-19-18(21-11-16-24-23-15-7-3-4-8-25(15)16)20-10-13-12-26-17(22-13)14-6-5-9-27-14;/h3-9,12H,2,10-11H2,1H3,(H2,19,20,21);1H. The van der Waals surface area contributed by atoms with Crippen molar-refractivity contribution in [3.63, 3.8) is 0 Å². The lowest BCUT2D eigenvalue weighted by Gasteiger charge is -2.10. The van der Waals surface area contributed by atoms with Crippen molar-refractivity contribution in [2.24, 2.45) is 4.99 Å². The monoisotopic (exact) mass is 509 g/mol. The van der Waals surface area contributed by atoms with Crippen molar-refractivity contribution in [1.82, 2.24) is 30.2 Å². The van der Waals surface area contributed by atoms with Crippen LogP contribution in [0.25, 0.3) is 16.4 Å². The lowest BCUT2D eigenvalue weighted by atomic mass is 10.4. The van der Waals surface area contributed by atoms with Crippen LogP contribution in [0.1, 0.15) is 18.4 Å². The number of hydrogen-bond acceptors (Lipinski definition) is 6. The Balaban J connectivity index is 0.00000225. The van der Waals surface area contributed by atoms with Crippen LogP contribution in [-0.2, 0) is 13.1 Å². The van der Waals surface area contributed by atoms with Gasteiger partial charge < -0.3 is 15.1 Å². The fourth-order valence-electron chi connectivity index (χ4n) is 2.57. The summed E-state index contributed by atoms with van der Waals surface area (Å²) < 4.78 is 7.48. The van der Waals surface area contributed by atoms with E-state index in [0.29, 0.717) is 24.9 Å². The predicted octanol–water partition coefficient (Wildman–Crippen LogP) is 3.32. The zero-order valence-corrected chi connectivity index (χ0v) is 18.3. The van der Waals surface area contributed by atoms with Gasteiger partial charge in [-0.15, -0.1) is 45.5 Å². The Labute approximate surface area is 183 Å². The largest absolute Gasteiger partial charge is 0.443 e. The second-order valence-electron chi connectivity index (χ2n) is 5.72. The second-order valence-corrected chi connectivity index (χ2v) is 6.66. The van der Waals surface area contributed by atoms with Crippen LogP contribution in [0.4, 0.5) is 0 Å². The molecule has 4 rings (SSSR count). The van der Waals surface area contributed by atoms with Crippen LogP contribution in [0.15, 0.2) is 57.6 Å². The maximum Gasteiger partial charge on any atom is 0.236 e. The minimum atomic E-state index is 0. The van der Waals surface area contributed by atoms with Gasteiger partial charge in [0.1, 0.15) is 12.0 Å². The third-order valence-electron chi connectivity index (χ3n) is 3.83. The maximum absolute atomic E-state index is 5.54. The van der Waals surface area contributed by atoms with Crippen molar-refractivity contribution in [3.05, 3.63) is 59.7 Å². The van der Waals surface area contributed by atoms with Crippen LogP contribution in [0.5, 0.6) is 0 Å². The van der Waals surface area contributed by atoms with E-state index in [1.807, 2.05) is 53.2 Å². The molecule has 0 fully saturated rings. The molecule has 4 aromatic heterocycles. The van der Waals surface area contributed by atoms with Gasteiger partial charge in [0.05, 0.1) is 18.0 Å².